The van der Waals surface area contributed by atoms with Crippen molar-refractivity contribution in [2.75, 3.05) is 24.3 Å². The third-order valence-corrected chi connectivity index (χ3v) is 3.50. The van der Waals surface area contributed by atoms with Gasteiger partial charge in [0.15, 0.2) is 0 Å². The van der Waals surface area contributed by atoms with E-state index in [1.165, 1.54) is 26.4 Å². The summed E-state index contributed by atoms with van der Waals surface area (Å²) in [6, 6.07) is 6.06. The van der Waals surface area contributed by atoms with Gasteiger partial charge in [0.25, 0.3) is 0 Å². The van der Waals surface area contributed by atoms with Crippen LogP contribution in [-0.2, 0) is 4.74 Å². The minimum atomic E-state index is -0.343. The monoisotopic (exact) mass is 262 g/mol. The number of hydrogen-bond acceptors (Lipinski definition) is 4. The Bertz CT molecular complexity index is 455. The summed E-state index contributed by atoms with van der Waals surface area (Å²) in [5, 5.41) is 0. The first-order chi connectivity index (χ1) is 9.17. The average Bonchev–Trinajstić information content (AvgIpc) is 3.24. The van der Waals surface area contributed by atoms with Gasteiger partial charge in [-0.3, -0.25) is 0 Å². The maximum absolute atomic E-state index is 11.5. The molecule has 19 heavy (non-hydrogen) atoms. The first-order valence-corrected chi connectivity index (χ1v) is 6.91. The normalized spacial score (nSPS) is 14.2. The predicted octanol–water partition coefficient (Wildman–Crippen LogP) is 2.82. The number of nitrogens with zero attached hydrogens (tertiary/aromatic N) is 1. The summed E-state index contributed by atoms with van der Waals surface area (Å²) in [6.45, 7) is 3.22. The topological polar surface area (TPSA) is 55.6 Å². The quantitative estimate of drug-likeness (QED) is 0.632. The molecule has 0 aliphatic heterocycles. The molecule has 1 aliphatic carbocycles. The molecule has 0 radical (unpaired) electrons. The van der Waals surface area contributed by atoms with Gasteiger partial charge in [0.2, 0.25) is 0 Å². The first kappa shape index (κ1) is 13.7. The van der Waals surface area contributed by atoms with Gasteiger partial charge in [-0.1, -0.05) is 13.3 Å². The Kier molecular flexibility index (Phi) is 4.30. The van der Waals surface area contributed by atoms with E-state index in [1.807, 2.05) is 6.07 Å². The number of benzene rings is 1. The number of carbonyl (C=O) groups excluding carboxylic acids is 1. The fraction of sp³-hybridized carbons (Fsp3) is 0.533. The number of esters is 1. The lowest BCUT2D eigenvalue weighted by atomic mass is 10.1. The minimum Gasteiger partial charge on any atom is -0.465 e. The molecule has 0 bridgehead atoms. The number of hydrogen-bond donors (Lipinski definition) is 1. The number of ether oxygens (including phenoxy) is 1. The standard InChI is InChI=1S/C15H22N2O2/c1-3-4-9-17(12-6-7-12)14-8-5-11(10-13(14)16)15(18)19-2/h5,8,10,12H,3-4,6-7,9,16H2,1-2H3. The fourth-order valence-electron chi connectivity index (χ4n) is 2.28. The molecule has 1 aromatic carbocycles. The second-order valence-corrected chi connectivity index (χ2v) is 5.04. The van der Waals surface area contributed by atoms with Crippen LogP contribution in [0.4, 0.5) is 11.4 Å². The van der Waals surface area contributed by atoms with Crippen molar-refractivity contribution in [3.63, 3.8) is 0 Å². The highest BCUT2D eigenvalue weighted by molar-refractivity contribution is 5.92. The molecule has 0 saturated heterocycles. The van der Waals surface area contributed by atoms with E-state index in [2.05, 4.69) is 11.8 Å². The highest BCUT2D eigenvalue weighted by Gasteiger charge is 2.29. The zero-order valence-corrected chi connectivity index (χ0v) is 11.7. The van der Waals surface area contributed by atoms with E-state index < -0.39 is 0 Å². The zero-order chi connectivity index (χ0) is 13.8. The summed E-state index contributed by atoms with van der Waals surface area (Å²) in [7, 11) is 1.38. The van der Waals surface area contributed by atoms with Crippen LogP contribution in [0.1, 0.15) is 43.0 Å². The van der Waals surface area contributed by atoms with Crippen molar-refractivity contribution >= 4 is 17.3 Å². The molecule has 0 heterocycles. The van der Waals surface area contributed by atoms with Gasteiger partial charge in [-0.15, -0.1) is 0 Å². The molecule has 1 fully saturated rings. The number of rotatable bonds is 6. The number of methoxy groups -OCH3 is 1. The Balaban J connectivity index is 2.20. The molecule has 2 N–H and O–H groups in total. The van der Waals surface area contributed by atoms with Gasteiger partial charge in [0, 0.05) is 12.6 Å². The second kappa shape index (κ2) is 5.95. The molecule has 4 nitrogen and oxygen atoms in total. The van der Waals surface area contributed by atoms with Crippen molar-refractivity contribution in [3.8, 4) is 0 Å². The molecule has 0 amide bonds. The Morgan fingerprint density at radius 2 is 2.21 bits per heavy atom. The lowest BCUT2D eigenvalue weighted by Crippen LogP contribution is -2.27. The van der Waals surface area contributed by atoms with Crippen molar-refractivity contribution in [2.24, 2.45) is 0 Å². The van der Waals surface area contributed by atoms with Gasteiger partial charge in [-0.25, -0.2) is 4.79 Å². The number of carbonyl (C=O) groups is 1. The van der Waals surface area contributed by atoms with E-state index in [4.69, 9.17) is 10.5 Å². The minimum absolute atomic E-state index is 0.343. The maximum Gasteiger partial charge on any atom is 0.337 e. The predicted molar refractivity (Wildman–Crippen MR) is 77.5 cm³/mol. The molecule has 0 unspecified atom stereocenters. The van der Waals surface area contributed by atoms with E-state index in [0.717, 1.165) is 18.7 Å². The Morgan fingerprint density at radius 1 is 1.47 bits per heavy atom. The van der Waals surface area contributed by atoms with Gasteiger partial charge < -0.3 is 15.4 Å². The molecule has 0 atom stereocenters. The van der Waals surface area contributed by atoms with Crippen LogP contribution in [0.5, 0.6) is 0 Å². The third kappa shape index (κ3) is 3.19. The number of nitrogens with two attached hydrogens (primary N) is 1. The van der Waals surface area contributed by atoms with Crippen LogP contribution in [0.2, 0.25) is 0 Å². The van der Waals surface area contributed by atoms with E-state index in [-0.39, 0.29) is 5.97 Å². The lowest BCUT2D eigenvalue weighted by molar-refractivity contribution is 0.0601. The Hall–Kier alpha value is -1.71. The van der Waals surface area contributed by atoms with Crippen LogP contribution in [0.25, 0.3) is 0 Å². The smallest absolute Gasteiger partial charge is 0.337 e. The Morgan fingerprint density at radius 3 is 2.74 bits per heavy atom. The van der Waals surface area contributed by atoms with E-state index in [0.29, 0.717) is 17.3 Å². The molecule has 1 aliphatic rings. The van der Waals surface area contributed by atoms with Gasteiger partial charge in [-0.2, -0.15) is 0 Å². The van der Waals surface area contributed by atoms with E-state index in [9.17, 15) is 4.79 Å². The van der Waals surface area contributed by atoms with E-state index in [1.54, 1.807) is 12.1 Å². The third-order valence-electron chi connectivity index (χ3n) is 3.50. The molecule has 4 heteroatoms. The van der Waals surface area contributed by atoms with Crippen molar-refractivity contribution < 1.29 is 9.53 Å². The van der Waals surface area contributed by atoms with Crippen LogP contribution in [0.3, 0.4) is 0 Å². The number of unbranched alkanes of at least 4 members (excludes halogenated alkanes) is 1. The van der Waals surface area contributed by atoms with Gasteiger partial charge in [0.1, 0.15) is 0 Å². The van der Waals surface area contributed by atoms with Crippen LogP contribution >= 0.6 is 0 Å². The summed E-state index contributed by atoms with van der Waals surface area (Å²) in [5.74, 6) is -0.343. The summed E-state index contributed by atoms with van der Waals surface area (Å²) < 4.78 is 4.71. The summed E-state index contributed by atoms with van der Waals surface area (Å²) in [4.78, 5) is 13.8. The molecular formula is C15H22N2O2. The van der Waals surface area contributed by atoms with Crippen molar-refractivity contribution in [1.82, 2.24) is 0 Å². The SMILES string of the molecule is CCCCN(c1ccc(C(=O)OC)cc1N)C1CC1. The molecule has 104 valence electrons. The highest BCUT2D eigenvalue weighted by Crippen LogP contribution is 2.35. The Labute approximate surface area is 114 Å². The van der Waals surface area contributed by atoms with Crippen LogP contribution < -0.4 is 10.6 Å². The summed E-state index contributed by atoms with van der Waals surface area (Å²) in [6.07, 6.45) is 4.81. The molecule has 2 rings (SSSR count). The number of anilines is 2. The molecule has 0 spiro atoms. The fourth-order valence-corrected chi connectivity index (χ4v) is 2.28. The van der Waals surface area contributed by atoms with E-state index >= 15 is 0 Å². The zero-order valence-electron chi connectivity index (χ0n) is 11.7. The van der Waals surface area contributed by atoms with Crippen LogP contribution in [0, 0.1) is 0 Å². The van der Waals surface area contributed by atoms with Gasteiger partial charge in [0.05, 0.1) is 24.0 Å². The van der Waals surface area contributed by atoms with Crippen LogP contribution in [0.15, 0.2) is 18.2 Å². The largest absolute Gasteiger partial charge is 0.465 e. The van der Waals surface area contributed by atoms with Crippen molar-refractivity contribution in [1.29, 1.82) is 0 Å². The molecule has 1 saturated carbocycles. The second-order valence-electron chi connectivity index (χ2n) is 5.04. The highest BCUT2D eigenvalue weighted by atomic mass is 16.5. The summed E-state index contributed by atoms with van der Waals surface area (Å²) in [5.41, 5.74) is 8.32. The van der Waals surface area contributed by atoms with Gasteiger partial charge >= 0.3 is 5.97 Å². The van der Waals surface area contributed by atoms with Crippen molar-refractivity contribution in [3.05, 3.63) is 23.8 Å². The summed E-state index contributed by atoms with van der Waals surface area (Å²) >= 11 is 0. The lowest BCUT2D eigenvalue weighted by Gasteiger charge is -2.26. The molecular weight excluding hydrogens is 240 g/mol. The molecule has 0 aromatic heterocycles. The first-order valence-electron chi connectivity index (χ1n) is 6.91. The number of nitrogen functional groups attached to an aromatic ring is 1. The molecule has 1 aromatic rings. The average molecular weight is 262 g/mol. The van der Waals surface area contributed by atoms with Gasteiger partial charge in [-0.05, 0) is 37.5 Å². The maximum atomic E-state index is 11.5. The van der Waals surface area contributed by atoms with Crippen molar-refractivity contribution in [2.45, 2.75) is 38.6 Å². The van der Waals surface area contributed by atoms with Crippen LogP contribution in [-0.4, -0.2) is 25.7 Å².